The van der Waals surface area contributed by atoms with Crippen molar-refractivity contribution < 1.29 is 6.85 Å². The lowest BCUT2D eigenvalue weighted by Crippen LogP contribution is -1.92. The standard InChI is InChI=1S/C38H26/c1-4-12-27(13-5-1)29-20-22-31(23-21-29)37-33-18-10-11-19-34(33)38(30-16-8-3-9-17-30)36-26-32(24-25-35(36)37)28-14-6-2-7-15-28/h1-26H/i3D,8D,9D,16D,17D. The number of hydrogen-bond donors (Lipinski definition) is 0. The Bertz CT molecular complexity index is 2120. The van der Waals surface area contributed by atoms with Crippen molar-refractivity contribution in [2.75, 3.05) is 0 Å². The molecule has 0 unspecified atom stereocenters. The SMILES string of the molecule is [2H]c1c([2H])c([2H])c(-c2c3ccccc3c(-c3ccc(-c4ccccc4)cc3)c3ccc(-c4ccccc4)cc23)c([2H])c1[2H]. The molecule has 0 radical (unpaired) electrons. The molecule has 0 spiro atoms. The van der Waals surface area contributed by atoms with E-state index in [0.717, 1.165) is 54.9 Å². The smallest absolute Gasteiger partial charge is 0.0622 e. The Morgan fingerprint density at radius 2 is 0.763 bits per heavy atom. The van der Waals surface area contributed by atoms with Crippen LogP contribution in [0.1, 0.15) is 6.85 Å². The monoisotopic (exact) mass is 487 g/mol. The molecule has 0 heteroatoms. The fourth-order valence-electron chi connectivity index (χ4n) is 5.40. The molecule has 0 aliphatic rings. The first-order valence-electron chi connectivity index (χ1n) is 15.2. The summed E-state index contributed by atoms with van der Waals surface area (Å²) in [6, 6.07) is 41.7. The Kier molecular flexibility index (Phi) is 4.38. The Hall–Kier alpha value is -4.94. The fraction of sp³-hybridized carbons (Fsp3) is 0. The molecule has 0 saturated carbocycles. The minimum absolute atomic E-state index is 0.206. The molecular weight excluding hydrogens is 456 g/mol. The molecule has 0 amide bonds. The highest BCUT2D eigenvalue weighted by atomic mass is 14.2. The van der Waals surface area contributed by atoms with Crippen LogP contribution in [0.4, 0.5) is 0 Å². The topological polar surface area (TPSA) is 0 Å². The van der Waals surface area contributed by atoms with Crippen LogP contribution in [0.5, 0.6) is 0 Å². The predicted molar refractivity (Wildman–Crippen MR) is 163 cm³/mol. The van der Waals surface area contributed by atoms with Gasteiger partial charge in [-0.3, -0.25) is 0 Å². The van der Waals surface area contributed by atoms with Gasteiger partial charge in [0.05, 0.1) is 6.85 Å². The summed E-state index contributed by atoms with van der Waals surface area (Å²) in [6.07, 6.45) is 0. The lowest BCUT2D eigenvalue weighted by Gasteiger charge is -2.19. The van der Waals surface area contributed by atoms with Crippen molar-refractivity contribution in [1.29, 1.82) is 0 Å². The van der Waals surface area contributed by atoms with Gasteiger partial charge in [0.15, 0.2) is 0 Å². The Labute approximate surface area is 230 Å². The van der Waals surface area contributed by atoms with Gasteiger partial charge in [-0.25, -0.2) is 0 Å². The second-order valence-corrected chi connectivity index (χ2v) is 9.37. The van der Waals surface area contributed by atoms with Crippen LogP contribution in [0.25, 0.3) is 66.1 Å². The normalized spacial score (nSPS) is 13.0. The van der Waals surface area contributed by atoms with Crippen molar-refractivity contribution in [1.82, 2.24) is 0 Å². The molecule has 0 saturated heterocycles. The van der Waals surface area contributed by atoms with Gasteiger partial charge in [0.1, 0.15) is 0 Å². The predicted octanol–water partition coefficient (Wildman–Crippen LogP) is 10.7. The molecule has 7 aromatic carbocycles. The van der Waals surface area contributed by atoms with Crippen LogP contribution in [-0.4, -0.2) is 0 Å². The molecule has 0 aliphatic carbocycles. The maximum absolute atomic E-state index is 8.89. The van der Waals surface area contributed by atoms with E-state index in [1.54, 1.807) is 0 Å². The van der Waals surface area contributed by atoms with Crippen LogP contribution in [0.2, 0.25) is 0 Å². The van der Waals surface area contributed by atoms with E-state index in [1.807, 2.05) is 54.6 Å². The highest BCUT2D eigenvalue weighted by molar-refractivity contribution is 6.22. The molecule has 0 nitrogen and oxygen atoms in total. The second kappa shape index (κ2) is 9.50. The number of rotatable bonds is 4. The molecule has 7 rings (SSSR count). The van der Waals surface area contributed by atoms with Gasteiger partial charge in [0.25, 0.3) is 0 Å². The van der Waals surface area contributed by atoms with Gasteiger partial charge in [-0.2, -0.15) is 0 Å². The molecule has 178 valence electrons. The van der Waals surface area contributed by atoms with E-state index in [1.165, 1.54) is 0 Å². The molecule has 0 N–H and O–H groups in total. The maximum atomic E-state index is 8.89. The third kappa shape index (κ3) is 3.88. The summed E-state index contributed by atoms with van der Waals surface area (Å²) in [5, 5.41) is 3.57. The Morgan fingerprint density at radius 1 is 0.316 bits per heavy atom. The molecule has 7 aromatic rings. The van der Waals surface area contributed by atoms with Crippen molar-refractivity contribution in [3.05, 3.63) is 158 Å². The molecule has 0 aliphatic heterocycles. The van der Waals surface area contributed by atoms with Crippen molar-refractivity contribution in [2.24, 2.45) is 0 Å². The second-order valence-electron chi connectivity index (χ2n) is 9.37. The van der Waals surface area contributed by atoms with E-state index in [-0.39, 0.29) is 29.7 Å². The summed E-state index contributed by atoms with van der Waals surface area (Å²) in [7, 11) is 0. The highest BCUT2D eigenvalue weighted by Gasteiger charge is 2.17. The van der Waals surface area contributed by atoms with Gasteiger partial charge in [-0.05, 0) is 72.1 Å². The zero-order valence-corrected chi connectivity index (χ0v) is 20.6. The fourth-order valence-corrected chi connectivity index (χ4v) is 5.40. The first kappa shape index (κ1) is 17.5. The van der Waals surface area contributed by atoms with Gasteiger partial charge >= 0.3 is 0 Å². The van der Waals surface area contributed by atoms with E-state index in [2.05, 4.69) is 72.8 Å². The van der Waals surface area contributed by atoms with Crippen LogP contribution < -0.4 is 0 Å². The van der Waals surface area contributed by atoms with E-state index in [0.29, 0.717) is 5.56 Å². The van der Waals surface area contributed by atoms with E-state index >= 15 is 0 Å². The molecule has 0 aromatic heterocycles. The molecular formula is C38H26. The summed E-state index contributed by atoms with van der Waals surface area (Å²) in [6.45, 7) is 0. The third-order valence-electron chi connectivity index (χ3n) is 7.16. The molecule has 38 heavy (non-hydrogen) atoms. The molecule has 0 heterocycles. The average molecular weight is 488 g/mol. The van der Waals surface area contributed by atoms with Crippen molar-refractivity contribution in [3.63, 3.8) is 0 Å². The summed E-state index contributed by atoms with van der Waals surface area (Å²) in [4.78, 5) is 0. The summed E-state index contributed by atoms with van der Waals surface area (Å²) < 4.78 is 42.9. The van der Waals surface area contributed by atoms with Crippen molar-refractivity contribution in [3.8, 4) is 44.5 Å². The molecule has 0 bridgehead atoms. The minimum Gasteiger partial charge on any atom is -0.0622 e. The zero-order chi connectivity index (χ0) is 29.7. The van der Waals surface area contributed by atoms with Gasteiger partial charge < -0.3 is 0 Å². The summed E-state index contributed by atoms with van der Waals surface area (Å²) in [5.41, 5.74) is 7.24. The number of fused-ring (bicyclic) bond motifs is 2. The minimum atomic E-state index is -0.396. The van der Waals surface area contributed by atoms with E-state index in [9.17, 15) is 0 Å². The summed E-state index contributed by atoms with van der Waals surface area (Å²) >= 11 is 0. The van der Waals surface area contributed by atoms with Crippen molar-refractivity contribution in [2.45, 2.75) is 0 Å². The highest BCUT2D eigenvalue weighted by Crippen LogP contribution is 2.44. The largest absolute Gasteiger partial charge is 0.0629 e. The van der Waals surface area contributed by atoms with Crippen LogP contribution in [0.3, 0.4) is 0 Å². The number of hydrogen-bond acceptors (Lipinski definition) is 0. The molecule has 0 fully saturated rings. The first-order valence-corrected chi connectivity index (χ1v) is 12.7. The molecule has 0 atom stereocenters. The lowest BCUT2D eigenvalue weighted by atomic mass is 9.84. The quantitative estimate of drug-likeness (QED) is 0.217. The Morgan fingerprint density at radius 3 is 1.39 bits per heavy atom. The van der Waals surface area contributed by atoms with Gasteiger partial charge in [-0.15, -0.1) is 0 Å². The van der Waals surface area contributed by atoms with Crippen LogP contribution in [-0.2, 0) is 0 Å². The Balaban J connectivity index is 1.60. The lowest BCUT2D eigenvalue weighted by molar-refractivity contribution is 1.61. The van der Waals surface area contributed by atoms with E-state index in [4.69, 9.17) is 6.85 Å². The first-order chi connectivity index (χ1) is 20.9. The third-order valence-corrected chi connectivity index (χ3v) is 7.16. The zero-order valence-electron chi connectivity index (χ0n) is 25.6. The van der Waals surface area contributed by atoms with Crippen LogP contribution in [0, 0.1) is 0 Å². The summed E-state index contributed by atoms with van der Waals surface area (Å²) in [5.74, 6) is 0. The van der Waals surface area contributed by atoms with Crippen LogP contribution >= 0.6 is 0 Å². The maximum Gasteiger partial charge on any atom is 0.0629 e. The van der Waals surface area contributed by atoms with Gasteiger partial charge in [-0.1, -0.05) is 152 Å². The van der Waals surface area contributed by atoms with Crippen LogP contribution in [0.15, 0.2) is 158 Å². The van der Waals surface area contributed by atoms with E-state index < -0.39 is 6.04 Å². The van der Waals surface area contributed by atoms with Crippen molar-refractivity contribution >= 4 is 21.5 Å². The average Bonchev–Trinajstić information content (AvgIpc) is 3.07. The van der Waals surface area contributed by atoms with Gasteiger partial charge in [0, 0.05) is 0 Å². The number of benzene rings is 7. The van der Waals surface area contributed by atoms with Gasteiger partial charge in [0.2, 0.25) is 0 Å².